The second-order valence-electron chi connectivity index (χ2n) is 6.63. The van der Waals surface area contributed by atoms with E-state index in [9.17, 15) is 9.90 Å². The van der Waals surface area contributed by atoms with Gasteiger partial charge in [0.1, 0.15) is 11.5 Å². The van der Waals surface area contributed by atoms with Gasteiger partial charge in [-0.25, -0.2) is 0 Å². The molecule has 1 saturated heterocycles. The van der Waals surface area contributed by atoms with Crippen LogP contribution in [0.15, 0.2) is 47.4 Å². The van der Waals surface area contributed by atoms with E-state index in [1.807, 2.05) is 36.6 Å². The molecule has 1 heterocycles. The van der Waals surface area contributed by atoms with Crippen LogP contribution >= 0.6 is 11.8 Å². The van der Waals surface area contributed by atoms with Gasteiger partial charge in [-0.15, -0.1) is 11.8 Å². The number of rotatable bonds is 6. The molecule has 0 unspecified atom stereocenters. The normalized spacial score (nSPS) is 17.8. The van der Waals surface area contributed by atoms with Gasteiger partial charge in [0.2, 0.25) is 0 Å². The van der Waals surface area contributed by atoms with Crippen LogP contribution in [0.1, 0.15) is 28.8 Å². The number of carbonyl (C=O) groups excluding carboxylic acids is 1. The monoisotopic (exact) mass is 371 g/mol. The molecule has 0 bridgehead atoms. The molecule has 1 fully saturated rings. The van der Waals surface area contributed by atoms with Crippen molar-refractivity contribution in [1.29, 1.82) is 0 Å². The summed E-state index contributed by atoms with van der Waals surface area (Å²) in [4.78, 5) is 16.3. The minimum atomic E-state index is 0.00445. The van der Waals surface area contributed by atoms with Crippen LogP contribution in [0.25, 0.3) is 0 Å². The van der Waals surface area contributed by atoms with Gasteiger partial charge in [-0.2, -0.15) is 0 Å². The van der Waals surface area contributed by atoms with Crippen molar-refractivity contribution in [3.63, 3.8) is 0 Å². The third kappa shape index (κ3) is 4.22. The van der Waals surface area contributed by atoms with Crippen molar-refractivity contribution in [2.45, 2.75) is 24.3 Å². The molecular weight excluding hydrogens is 346 g/mol. The molecule has 0 spiro atoms. The highest BCUT2D eigenvalue weighted by molar-refractivity contribution is 7.98. The number of phenols is 1. The van der Waals surface area contributed by atoms with E-state index in [0.29, 0.717) is 6.54 Å². The second kappa shape index (κ2) is 8.60. The van der Waals surface area contributed by atoms with E-state index in [4.69, 9.17) is 4.74 Å². The zero-order valence-corrected chi connectivity index (χ0v) is 16.1. The van der Waals surface area contributed by atoms with Gasteiger partial charge in [-0.3, -0.25) is 9.69 Å². The van der Waals surface area contributed by atoms with Crippen molar-refractivity contribution in [3.8, 4) is 11.5 Å². The highest BCUT2D eigenvalue weighted by atomic mass is 32.2. The minimum absolute atomic E-state index is 0.00445. The molecule has 4 nitrogen and oxygen atoms in total. The van der Waals surface area contributed by atoms with Crippen LogP contribution in [0.5, 0.6) is 11.5 Å². The number of likely N-dealkylation sites (tertiary alicyclic amines) is 1. The number of piperidine rings is 1. The third-order valence-corrected chi connectivity index (χ3v) is 5.73. The Morgan fingerprint density at radius 3 is 2.88 bits per heavy atom. The zero-order valence-electron chi connectivity index (χ0n) is 15.3. The summed E-state index contributed by atoms with van der Waals surface area (Å²) in [5, 5.41) is 10.1. The molecule has 1 aliphatic heterocycles. The SMILES string of the molecule is COc1ccc(O)c(CN2CCC[C@H](C(=O)c3ccccc3SC)C2)c1. The van der Waals surface area contributed by atoms with Crippen molar-refractivity contribution in [1.82, 2.24) is 4.90 Å². The highest BCUT2D eigenvalue weighted by Crippen LogP contribution is 2.29. The molecule has 26 heavy (non-hydrogen) atoms. The minimum Gasteiger partial charge on any atom is -0.508 e. The molecule has 0 amide bonds. The van der Waals surface area contributed by atoms with Crippen LogP contribution in [0.2, 0.25) is 0 Å². The lowest BCUT2D eigenvalue weighted by molar-refractivity contribution is 0.0808. The van der Waals surface area contributed by atoms with Crippen molar-refractivity contribution < 1.29 is 14.6 Å². The van der Waals surface area contributed by atoms with Gasteiger partial charge in [0, 0.05) is 35.0 Å². The number of hydrogen-bond donors (Lipinski definition) is 1. The highest BCUT2D eigenvalue weighted by Gasteiger charge is 2.28. The third-order valence-electron chi connectivity index (χ3n) is 4.93. The number of benzene rings is 2. The summed E-state index contributed by atoms with van der Waals surface area (Å²) >= 11 is 1.62. The summed E-state index contributed by atoms with van der Waals surface area (Å²) < 4.78 is 5.26. The van der Waals surface area contributed by atoms with Crippen LogP contribution in [-0.2, 0) is 6.54 Å². The van der Waals surface area contributed by atoms with E-state index in [0.717, 1.165) is 47.7 Å². The van der Waals surface area contributed by atoms with Crippen molar-refractivity contribution in [2.75, 3.05) is 26.5 Å². The van der Waals surface area contributed by atoms with E-state index in [1.54, 1.807) is 31.0 Å². The molecular formula is C21H25NO3S. The molecule has 2 aromatic carbocycles. The lowest BCUT2D eigenvalue weighted by Gasteiger charge is -2.32. The molecule has 3 rings (SSSR count). The molecule has 0 aromatic heterocycles. The fourth-order valence-electron chi connectivity index (χ4n) is 3.54. The van der Waals surface area contributed by atoms with Gasteiger partial charge >= 0.3 is 0 Å². The topological polar surface area (TPSA) is 49.8 Å². The number of carbonyl (C=O) groups is 1. The number of hydrogen-bond acceptors (Lipinski definition) is 5. The number of aromatic hydroxyl groups is 1. The van der Waals surface area contributed by atoms with Gasteiger partial charge in [-0.1, -0.05) is 18.2 Å². The summed E-state index contributed by atoms with van der Waals surface area (Å²) in [5.41, 5.74) is 1.66. The standard InChI is InChI=1S/C21H25NO3S/c1-25-17-9-10-19(23)16(12-17)14-22-11-5-6-15(13-22)21(24)18-7-3-4-8-20(18)26-2/h3-4,7-10,12,15,23H,5-6,11,13-14H2,1-2H3/t15-/m0/s1. The maximum atomic E-state index is 13.0. The maximum absolute atomic E-state index is 13.0. The van der Waals surface area contributed by atoms with Crippen molar-refractivity contribution in [2.24, 2.45) is 5.92 Å². The van der Waals surface area contributed by atoms with Gasteiger partial charge in [-0.05, 0) is 49.9 Å². The van der Waals surface area contributed by atoms with Gasteiger partial charge in [0.05, 0.1) is 7.11 Å². The summed E-state index contributed by atoms with van der Waals surface area (Å²) in [6.45, 7) is 2.28. The van der Waals surface area contributed by atoms with Gasteiger partial charge in [0.15, 0.2) is 5.78 Å². The average Bonchev–Trinajstić information content (AvgIpc) is 2.69. The smallest absolute Gasteiger partial charge is 0.168 e. The molecule has 0 radical (unpaired) electrons. The average molecular weight is 372 g/mol. The zero-order chi connectivity index (χ0) is 18.5. The molecule has 2 aromatic rings. The number of nitrogens with zero attached hydrogens (tertiary/aromatic N) is 1. The fourth-order valence-corrected chi connectivity index (χ4v) is 4.14. The number of thioether (sulfide) groups is 1. The molecule has 138 valence electrons. The predicted molar refractivity (Wildman–Crippen MR) is 105 cm³/mol. The lowest BCUT2D eigenvalue weighted by Crippen LogP contribution is -2.38. The van der Waals surface area contributed by atoms with E-state index in [1.165, 1.54) is 0 Å². The molecule has 1 atom stereocenters. The molecule has 5 heteroatoms. The number of phenolic OH excluding ortho intramolecular Hbond substituents is 1. The molecule has 0 aliphatic carbocycles. The Morgan fingerprint density at radius 1 is 1.31 bits per heavy atom. The van der Waals surface area contributed by atoms with E-state index in [2.05, 4.69) is 4.90 Å². The maximum Gasteiger partial charge on any atom is 0.168 e. The van der Waals surface area contributed by atoms with Gasteiger partial charge < -0.3 is 9.84 Å². The predicted octanol–water partition coefficient (Wildman–Crippen LogP) is 4.22. The Hall–Kier alpha value is -1.98. The Balaban J connectivity index is 1.72. The van der Waals surface area contributed by atoms with E-state index in [-0.39, 0.29) is 17.5 Å². The largest absolute Gasteiger partial charge is 0.508 e. The number of ketones is 1. The molecule has 1 N–H and O–H groups in total. The number of Topliss-reactive ketones (excluding diaryl/α,β-unsaturated/α-hetero) is 1. The van der Waals surface area contributed by atoms with E-state index >= 15 is 0 Å². The van der Waals surface area contributed by atoms with Crippen LogP contribution < -0.4 is 4.74 Å². The molecule has 0 saturated carbocycles. The Bertz CT molecular complexity index is 778. The van der Waals surface area contributed by atoms with Crippen LogP contribution in [0, 0.1) is 5.92 Å². The summed E-state index contributed by atoms with van der Waals surface area (Å²) in [7, 11) is 1.62. The fraction of sp³-hybridized carbons (Fsp3) is 0.381. The number of ether oxygens (including phenoxy) is 1. The number of methoxy groups -OCH3 is 1. The first-order valence-corrected chi connectivity index (χ1v) is 10.1. The summed E-state index contributed by atoms with van der Waals surface area (Å²) in [6.07, 6.45) is 3.91. The van der Waals surface area contributed by atoms with Gasteiger partial charge in [0.25, 0.3) is 0 Å². The Labute approximate surface area is 159 Å². The Morgan fingerprint density at radius 2 is 2.12 bits per heavy atom. The Kier molecular flexibility index (Phi) is 6.22. The first kappa shape index (κ1) is 18.8. The summed E-state index contributed by atoms with van der Waals surface area (Å²) in [6, 6.07) is 13.1. The first-order chi connectivity index (χ1) is 12.6. The quantitative estimate of drug-likeness (QED) is 0.609. The lowest BCUT2D eigenvalue weighted by atomic mass is 9.89. The summed E-state index contributed by atoms with van der Waals surface area (Å²) in [5.74, 6) is 1.24. The second-order valence-corrected chi connectivity index (χ2v) is 7.48. The first-order valence-electron chi connectivity index (χ1n) is 8.88. The van der Waals surface area contributed by atoms with Crippen molar-refractivity contribution >= 4 is 17.5 Å². The van der Waals surface area contributed by atoms with Crippen LogP contribution in [0.4, 0.5) is 0 Å². The molecule has 1 aliphatic rings. The van der Waals surface area contributed by atoms with Crippen LogP contribution in [-0.4, -0.2) is 42.2 Å². The van der Waals surface area contributed by atoms with Crippen LogP contribution in [0.3, 0.4) is 0 Å². The van der Waals surface area contributed by atoms with Crippen molar-refractivity contribution in [3.05, 3.63) is 53.6 Å². The van der Waals surface area contributed by atoms with E-state index < -0.39 is 0 Å².